The van der Waals surface area contributed by atoms with Crippen LogP contribution in [0.1, 0.15) is 24.4 Å². The van der Waals surface area contributed by atoms with Gasteiger partial charge in [-0.1, -0.05) is 12.1 Å². The maximum Gasteiger partial charge on any atom is 0.246 e. The number of sulfonamides is 1. The molecule has 1 atom stereocenters. The maximum absolute atomic E-state index is 13.2. The number of rotatable bonds is 6. The first kappa shape index (κ1) is 21.4. The lowest BCUT2D eigenvalue weighted by atomic mass is 10.1. The lowest BCUT2D eigenvalue weighted by molar-refractivity contribution is -0.00509. The number of hydrogen-bond acceptors (Lipinski definition) is 7. The fourth-order valence-corrected chi connectivity index (χ4v) is 5.13. The maximum atomic E-state index is 13.2. The fourth-order valence-electron chi connectivity index (χ4n) is 3.53. The fraction of sp³-hybridized carbons (Fsp3) is 0.381. The Kier molecular flexibility index (Phi) is 6.03. The van der Waals surface area contributed by atoms with Gasteiger partial charge >= 0.3 is 0 Å². The van der Waals surface area contributed by atoms with E-state index in [1.807, 2.05) is 31.2 Å². The third kappa shape index (κ3) is 4.32. The van der Waals surface area contributed by atoms with E-state index in [4.69, 9.17) is 9.47 Å². The van der Waals surface area contributed by atoms with Crippen LogP contribution in [-0.2, 0) is 21.3 Å². The van der Waals surface area contributed by atoms with Crippen LogP contribution in [0.4, 0.5) is 0 Å². The zero-order valence-corrected chi connectivity index (χ0v) is 18.5. The van der Waals surface area contributed by atoms with Crippen molar-refractivity contribution in [3.63, 3.8) is 0 Å². The van der Waals surface area contributed by atoms with Crippen LogP contribution in [0.5, 0.6) is 5.75 Å². The quantitative estimate of drug-likeness (QED) is 0.577. The molecule has 0 bridgehead atoms. The molecule has 164 valence electrons. The van der Waals surface area contributed by atoms with Crippen LogP contribution >= 0.6 is 0 Å². The predicted octanol–water partition coefficient (Wildman–Crippen LogP) is 2.44. The molecule has 1 aliphatic rings. The van der Waals surface area contributed by atoms with Crippen molar-refractivity contribution in [2.45, 2.75) is 31.4 Å². The Morgan fingerprint density at radius 3 is 2.87 bits per heavy atom. The zero-order valence-electron chi connectivity index (χ0n) is 17.7. The molecule has 0 aliphatic carbocycles. The molecule has 1 fully saturated rings. The third-order valence-corrected chi connectivity index (χ3v) is 7.19. The molecule has 31 heavy (non-hydrogen) atoms. The number of ether oxygens (including phenoxy) is 2. The van der Waals surface area contributed by atoms with Gasteiger partial charge in [0.05, 0.1) is 43.2 Å². The van der Waals surface area contributed by atoms with Gasteiger partial charge in [0.15, 0.2) is 0 Å². The van der Waals surface area contributed by atoms with E-state index in [0.717, 1.165) is 11.3 Å². The third-order valence-electron chi connectivity index (χ3n) is 5.22. The smallest absolute Gasteiger partial charge is 0.246 e. The van der Waals surface area contributed by atoms with Crippen molar-refractivity contribution in [1.29, 1.82) is 0 Å². The number of hydrogen-bond donors (Lipinski definition) is 0. The highest BCUT2D eigenvalue weighted by molar-refractivity contribution is 7.89. The standard InChI is InChI=1S/C21H25N5O4S/c1-4-25-14-21(15(2)24-25)31(27,28)26-8-9-30-20(13-26)19-12-22-11-18(23-19)16-6-5-7-17(10-16)29-3/h5-7,10-12,14,20H,4,8-9,13H2,1-3H3/t20-/m0/s1. The van der Waals surface area contributed by atoms with E-state index in [9.17, 15) is 8.42 Å². The molecule has 3 aromatic rings. The normalized spacial score (nSPS) is 17.6. The molecule has 1 aliphatic heterocycles. The van der Waals surface area contributed by atoms with Crippen molar-refractivity contribution in [1.82, 2.24) is 24.1 Å². The molecule has 0 amide bonds. The second-order valence-electron chi connectivity index (χ2n) is 7.22. The highest BCUT2D eigenvalue weighted by atomic mass is 32.2. The monoisotopic (exact) mass is 443 g/mol. The number of nitrogens with zero attached hydrogens (tertiary/aromatic N) is 5. The Morgan fingerprint density at radius 1 is 1.29 bits per heavy atom. The van der Waals surface area contributed by atoms with Crippen molar-refractivity contribution in [3.05, 3.63) is 54.2 Å². The van der Waals surface area contributed by atoms with Crippen LogP contribution in [0, 0.1) is 6.92 Å². The topological polar surface area (TPSA) is 99.4 Å². The average Bonchev–Trinajstić information content (AvgIpc) is 3.21. The van der Waals surface area contributed by atoms with Gasteiger partial charge in [-0.05, 0) is 26.0 Å². The minimum Gasteiger partial charge on any atom is -0.497 e. The second kappa shape index (κ2) is 8.74. The molecule has 0 saturated carbocycles. The van der Waals surface area contributed by atoms with Crippen molar-refractivity contribution in [3.8, 4) is 17.0 Å². The highest BCUT2D eigenvalue weighted by Crippen LogP contribution is 2.28. The van der Waals surface area contributed by atoms with Crippen LogP contribution in [-0.4, -0.2) is 59.3 Å². The van der Waals surface area contributed by atoms with Gasteiger partial charge in [-0.25, -0.2) is 13.4 Å². The van der Waals surface area contributed by atoms with E-state index < -0.39 is 16.1 Å². The summed E-state index contributed by atoms with van der Waals surface area (Å²) in [6, 6.07) is 7.53. The Morgan fingerprint density at radius 2 is 2.13 bits per heavy atom. The van der Waals surface area contributed by atoms with Gasteiger partial charge in [0.1, 0.15) is 16.7 Å². The molecule has 3 heterocycles. The van der Waals surface area contributed by atoms with Crippen LogP contribution < -0.4 is 4.74 Å². The first-order valence-electron chi connectivity index (χ1n) is 10.0. The van der Waals surface area contributed by atoms with Gasteiger partial charge in [-0.2, -0.15) is 9.40 Å². The summed E-state index contributed by atoms with van der Waals surface area (Å²) in [7, 11) is -2.08. The summed E-state index contributed by atoms with van der Waals surface area (Å²) in [4.78, 5) is 9.21. The van der Waals surface area contributed by atoms with Gasteiger partial charge in [-0.3, -0.25) is 9.67 Å². The van der Waals surface area contributed by atoms with E-state index in [2.05, 4.69) is 15.1 Å². The molecule has 2 aromatic heterocycles. The van der Waals surface area contributed by atoms with Gasteiger partial charge < -0.3 is 9.47 Å². The zero-order chi connectivity index (χ0) is 22.0. The molecule has 9 nitrogen and oxygen atoms in total. The average molecular weight is 444 g/mol. The largest absolute Gasteiger partial charge is 0.497 e. The van der Waals surface area contributed by atoms with Crippen molar-refractivity contribution in [2.75, 3.05) is 26.8 Å². The Bertz CT molecular complexity index is 1180. The van der Waals surface area contributed by atoms with Gasteiger partial charge in [0.25, 0.3) is 0 Å². The van der Waals surface area contributed by atoms with E-state index in [0.29, 0.717) is 23.6 Å². The number of aromatic nitrogens is 4. The summed E-state index contributed by atoms with van der Waals surface area (Å²) in [5, 5.41) is 4.27. The molecule has 1 saturated heterocycles. The second-order valence-corrected chi connectivity index (χ2v) is 9.12. The first-order valence-corrected chi connectivity index (χ1v) is 11.5. The van der Waals surface area contributed by atoms with Crippen LogP contribution in [0.2, 0.25) is 0 Å². The van der Waals surface area contributed by atoms with Crippen LogP contribution in [0.3, 0.4) is 0 Å². The summed E-state index contributed by atoms with van der Waals surface area (Å²) < 4.78 is 40.7. The van der Waals surface area contributed by atoms with Gasteiger partial charge in [0, 0.05) is 31.4 Å². The summed E-state index contributed by atoms with van der Waals surface area (Å²) in [6.07, 6.45) is 4.35. The van der Waals surface area contributed by atoms with Crippen molar-refractivity contribution in [2.24, 2.45) is 0 Å². The van der Waals surface area contributed by atoms with Gasteiger partial charge in [0.2, 0.25) is 10.0 Å². The Labute approximate surface area is 181 Å². The molecular weight excluding hydrogens is 418 g/mol. The SMILES string of the molecule is CCn1cc(S(=O)(=O)N2CCO[C@H](c3cncc(-c4cccc(OC)c4)n3)C2)c(C)n1. The number of benzene rings is 1. The Balaban J connectivity index is 1.59. The summed E-state index contributed by atoms with van der Waals surface area (Å²) in [6.45, 7) is 4.94. The van der Waals surface area contributed by atoms with Crippen LogP contribution in [0.15, 0.2) is 47.8 Å². The van der Waals surface area contributed by atoms with E-state index >= 15 is 0 Å². The van der Waals surface area contributed by atoms with Gasteiger partial charge in [-0.15, -0.1) is 0 Å². The highest BCUT2D eigenvalue weighted by Gasteiger charge is 2.34. The molecular formula is C21H25N5O4S. The van der Waals surface area contributed by atoms with Crippen LogP contribution in [0.25, 0.3) is 11.3 Å². The number of morpholine rings is 1. The Hall–Kier alpha value is -2.82. The number of aryl methyl sites for hydroxylation is 2. The van der Waals surface area contributed by atoms with E-state index in [1.54, 1.807) is 37.3 Å². The molecule has 0 unspecified atom stereocenters. The molecule has 10 heteroatoms. The lowest BCUT2D eigenvalue weighted by Crippen LogP contribution is -2.42. The summed E-state index contributed by atoms with van der Waals surface area (Å²) in [5.41, 5.74) is 2.60. The molecule has 1 aromatic carbocycles. The lowest BCUT2D eigenvalue weighted by Gasteiger charge is -2.31. The van der Waals surface area contributed by atoms with Crippen molar-refractivity contribution >= 4 is 10.0 Å². The minimum atomic E-state index is -3.69. The molecule has 0 N–H and O–H groups in total. The number of methoxy groups -OCH3 is 1. The van der Waals surface area contributed by atoms with E-state index in [1.165, 1.54) is 4.31 Å². The summed E-state index contributed by atoms with van der Waals surface area (Å²) in [5.74, 6) is 0.721. The summed E-state index contributed by atoms with van der Waals surface area (Å²) >= 11 is 0. The molecule has 4 rings (SSSR count). The first-order chi connectivity index (χ1) is 14.9. The minimum absolute atomic E-state index is 0.162. The molecule has 0 spiro atoms. The van der Waals surface area contributed by atoms with Crippen molar-refractivity contribution < 1.29 is 17.9 Å². The predicted molar refractivity (Wildman–Crippen MR) is 114 cm³/mol. The molecule has 0 radical (unpaired) electrons. The van der Waals surface area contributed by atoms with E-state index in [-0.39, 0.29) is 24.6 Å².